The Hall–Kier alpha value is -2.13. The topological polar surface area (TPSA) is 29.1 Å². The van der Waals surface area contributed by atoms with E-state index < -0.39 is 5.82 Å². The average molecular weight is 304 g/mol. The van der Waals surface area contributed by atoms with Crippen molar-refractivity contribution in [3.05, 3.63) is 76.7 Å². The van der Waals surface area contributed by atoms with E-state index >= 15 is 0 Å². The van der Waals surface area contributed by atoms with Crippen LogP contribution in [0.3, 0.4) is 0 Å². The van der Waals surface area contributed by atoms with Crippen LogP contribution in [0.25, 0.3) is 0 Å². The molecule has 1 N–H and O–H groups in total. The van der Waals surface area contributed by atoms with Gasteiger partial charge in [0.05, 0.1) is 5.69 Å². The second kappa shape index (κ2) is 7.04. The number of hydrogen-bond donors (Lipinski definition) is 1. The number of rotatable bonds is 5. The number of hydrogen-bond acceptors (Lipinski definition) is 2. The Morgan fingerprint density at radius 1 is 1.24 bits per heavy atom. The fourth-order valence-electron chi connectivity index (χ4n) is 1.81. The van der Waals surface area contributed by atoms with E-state index in [2.05, 4.69) is 12.2 Å². The SMILES string of the molecule is CCc1ccc(C(=O)C=CNc2ccc(Cl)cc2F)cc1. The molecule has 0 saturated carbocycles. The van der Waals surface area contributed by atoms with Crippen LogP contribution in [0.4, 0.5) is 10.1 Å². The Morgan fingerprint density at radius 2 is 1.95 bits per heavy atom. The minimum absolute atomic E-state index is 0.139. The van der Waals surface area contributed by atoms with Crippen molar-refractivity contribution in [1.29, 1.82) is 0 Å². The van der Waals surface area contributed by atoms with Crippen LogP contribution in [0, 0.1) is 5.82 Å². The summed E-state index contributed by atoms with van der Waals surface area (Å²) < 4.78 is 13.5. The van der Waals surface area contributed by atoms with Gasteiger partial charge in [-0.15, -0.1) is 0 Å². The van der Waals surface area contributed by atoms with Crippen LogP contribution in [0.5, 0.6) is 0 Å². The van der Waals surface area contributed by atoms with Crippen molar-refractivity contribution in [3.8, 4) is 0 Å². The monoisotopic (exact) mass is 303 g/mol. The molecular weight excluding hydrogens is 289 g/mol. The molecule has 2 rings (SSSR count). The van der Waals surface area contributed by atoms with Crippen LogP contribution < -0.4 is 5.32 Å². The van der Waals surface area contributed by atoms with E-state index in [-0.39, 0.29) is 11.5 Å². The van der Waals surface area contributed by atoms with Gasteiger partial charge in [-0.25, -0.2) is 4.39 Å². The quantitative estimate of drug-likeness (QED) is 0.632. The number of carbonyl (C=O) groups excluding carboxylic acids is 1. The molecule has 0 amide bonds. The minimum atomic E-state index is -0.466. The number of aryl methyl sites for hydroxylation is 1. The van der Waals surface area contributed by atoms with Crippen molar-refractivity contribution in [2.24, 2.45) is 0 Å². The van der Waals surface area contributed by atoms with Crippen molar-refractivity contribution in [2.45, 2.75) is 13.3 Å². The maximum absolute atomic E-state index is 13.5. The Labute approximate surface area is 128 Å². The van der Waals surface area contributed by atoms with Gasteiger partial charge in [-0.1, -0.05) is 42.8 Å². The van der Waals surface area contributed by atoms with Crippen molar-refractivity contribution >= 4 is 23.1 Å². The zero-order valence-electron chi connectivity index (χ0n) is 11.6. The third-order valence-electron chi connectivity index (χ3n) is 3.05. The molecule has 0 atom stereocenters. The molecule has 0 radical (unpaired) electrons. The van der Waals surface area contributed by atoms with E-state index in [0.29, 0.717) is 10.6 Å². The van der Waals surface area contributed by atoms with Gasteiger partial charge < -0.3 is 5.32 Å². The summed E-state index contributed by atoms with van der Waals surface area (Å²) in [6.07, 6.45) is 3.72. The number of nitrogens with one attached hydrogen (secondary N) is 1. The largest absolute Gasteiger partial charge is 0.359 e. The Bertz CT molecular complexity index is 665. The highest BCUT2D eigenvalue weighted by atomic mass is 35.5. The fourth-order valence-corrected chi connectivity index (χ4v) is 1.97. The summed E-state index contributed by atoms with van der Waals surface area (Å²) in [5.41, 5.74) is 2.04. The van der Waals surface area contributed by atoms with Crippen molar-refractivity contribution < 1.29 is 9.18 Å². The zero-order chi connectivity index (χ0) is 15.2. The second-order valence-electron chi connectivity index (χ2n) is 4.52. The Morgan fingerprint density at radius 3 is 2.57 bits per heavy atom. The third-order valence-corrected chi connectivity index (χ3v) is 3.29. The van der Waals surface area contributed by atoms with E-state index in [1.54, 1.807) is 18.2 Å². The lowest BCUT2D eigenvalue weighted by atomic mass is 10.1. The van der Waals surface area contributed by atoms with Gasteiger partial charge in [0.15, 0.2) is 5.78 Å². The number of halogens is 2. The smallest absolute Gasteiger partial charge is 0.187 e. The van der Waals surface area contributed by atoms with Crippen LogP contribution in [0.15, 0.2) is 54.7 Å². The van der Waals surface area contributed by atoms with E-state index in [1.807, 2.05) is 12.1 Å². The summed E-state index contributed by atoms with van der Waals surface area (Å²) in [6.45, 7) is 2.06. The molecule has 0 fully saturated rings. The predicted molar refractivity (Wildman–Crippen MR) is 84.3 cm³/mol. The molecule has 0 saturated heterocycles. The summed E-state index contributed by atoms with van der Waals surface area (Å²) in [5, 5.41) is 3.06. The molecule has 0 aliphatic rings. The molecule has 108 valence electrons. The predicted octanol–water partition coefficient (Wildman–Crippen LogP) is 4.85. The van der Waals surface area contributed by atoms with Crippen molar-refractivity contribution in [2.75, 3.05) is 5.32 Å². The van der Waals surface area contributed by atoms with E-state index in [9.17, 15) is 9.18 Å². The average Bonchev–Trinajstić information content (AvgIpc) is 2.49. The van der Waals surface area contributed by atoms with Gasteiger partial charge in [0.1, 0.15) is 5.82 Å². The molecule has 0 aliphatic carbocycles. The van der Waals surface area contributed by atoms with Crippen LogP contribution in [0.2, 0.25) is 5.02 Å². The van der Waals surface area contributed by atoms with Crippen LogP contribution in [0.1, 0.15) is 22.8 Å². The summed E-state index contributed by atoms with van der Waals surface area (Å²) in [6, 6.07) is 11.7. The molecule has 2 aromatic rings. The molecule has 0 unspecified atom stereocenters. The van der Waals surface area contributed by atoms with Gasteiger partial charge in [-0.2, -0.15) is 0 Å². The first kappa shape index (κ1) is 15.3. The number of benzene rings is 2. The zero-order valence-corrected chi connectivity index (χ0v) is 12.3. The Balaban J connectivity index is 2.01. The van der Waals surface area contributed by atoms with E-state index in [1.165, 1.54) is 30.0 Å². The normalized spacial score (nSPS) is 10.8. The molecule has 2 aromatic carbocycles. The van der Waals surface area contributed by atoms with Crippen LogP contribution in [-0.4, -0.2) is 5.78 Å². The molecule has 0 aliphatic heterocycles. The molecular formula is C17H15ClFNO. The summed E-state index contributed by atoms with van der Waals surface area (Å²) in [7, 11) is 0. The van der Waals surface area contributed by atoms with Gasteiger partial charge in [-0.3, -0.25) is 4.79 Å². The number of allylic oxidation sites excluding steroid dienone is 1. The van der Waals surface area contributed by atoms with Crippen LogP contribution in [-0.2, 0) is 6.42 Å². The minimum Gasteiger partial charge on any atom is -0.359 e. The second-order valence-corrected chi connectivity index (χ2v) is 4.95. The first-order chi connectivity index (χ1) is 10.1. The summed E-state index contributed by atoms with van der Waals surface area (Å²) in [4.78, 5) is 11.9. The molecule has 0 bridgehead atoms. The highest BCUT2D eigenvalue weighted by Gasteiger charge is 2.03. The van der Waals surface area contributed by atoms with Gasteiger partial charge in [-0.05, 0) is 30.2 Å². The first-order valence-corrected chi connectivity index (χ1v) is 6.99. The van der Waals surface area contributed by atoms with Crippen molar-refractivity contribution in [1.82, 2.24) is 0 Å². The van der Waals surface area contributed by atoms with Gasteiger partial charge >= 0.3 is 0 Å². The molecule has 21 heavy (non-hydrogen) atoms. The molecule has 4 heteroatoms. The summed E-state index contributed by atoms with van der Waals surface area (Å²) in [5.74, 6) is -0.605. The fraction of sp³-hybridized carbons (Fsp3) is 0.118. The maximum Gasteiger partial charge on any atom is 0.187 e. The molecule has 0 heterocycles. The number of anilines is 1. The molecule has 2 nitrogen and oxygen atoms in total. The van der Waals surface area contributed by atoms with E-state index in [0.717, 1.165) is 6.42 Å². The van der Waals surface area contributed by atoms with E-state index in [4.69, 9.17) is 11.6 Å². The van der Waals surface area contributed by atoms with Gasteiger partial charge in [0, 0.05) is 22.9 Å². The van der Waals surface area contributed by atoms with Crippen molar-refractivity contribution in [3.63, 3.8) is 0 Å². The first-order valence-electron chi connectivity index (χ1n) is 6.61. The third kappa shape index (κ3) is 4.17. The maximum atomic E-state index is 13.5. The number of carbonyl (C=O) groups is 1. The molecule has 0 spiro atoms. The standard InChI is InChI=1S/C17H15ClFNO/c1-2-12-3-5-13(6-4-12)17(21)9-10-20-16-8-7-14(18)11-15(16)19/h3-11,20H,2H2,1H3. The lowest BCUT2D eigenvalue weighted by Crippen LogP contribution is -1.97. The highest BCUT2D eigenvalue weighted by molar-refractivity contribution is 6.30. The van der Waals surface area contributed by atoms with Crippen LogP contribution >= 0.6 is 11.6 Å². The molecule has 0 aromatic heterocycles. The summed E-state index contributed by atoms with van der Waals surface area (Å²) >= 11 is 5.67. The van der Waals surface area contributed by atoms with Gasteiger partial charge in [0.25, 0.3) is 0 Å². The lowest BCUT2D eigenvalue weighted by Gasteiger charge is -2.03. The lowest BCUT2D eigenvalue weighted by molar-refractivity contribution is 0.104. The highest BCUT2D eigenvalue weighted by Crippen LogP contribution is 2.18. The van der Waals surface area contributed by atoms with Gasteiger partial charge in [0.2, 0.25) is 0 Å². The Kier molecular flexibility index (Phi) is 5.12. The number of ketones is 1.